The van der Waals surface area contributed by atoms with Crippen molar-refractivity contribution in [3.05, 3.63) is 59.6 Å². The summed E-state index contributed by atoms with van der Waals surface area (Å²) < 4.78 is 29.3. The van der Waals surface area contributed by atoms with Gasteiger partial charge < -0.3 is 13.7 Å². The van der Waals surface area contributed by atoms with E-state index in [0.717, 1.165) is 5.76 Å². The summed E-state index contributed by atoms with van der Waals surface area (Å²) in [6.07, 6.45) is 2.87. The molecule has 0 spiro atoms. The first-order valence-corrected chi connectivity index (χ1v) is 8.05. The quantitative estimate of drug-likeness (QED) is 0.675. The Labute approximate surface area is 145 Å². The Morgan fingerprint density at radius 1 is 1.08 bits per heavy atom. The maximum Gasteiger partial charge on any atom is 0.227 e. The molecule has 1 aromatic carbocycles. The summed E-state index contributed by atoms with van der Waals surface area (Å²) in [7, 11) is 0. The van der Waals surface area contributed by atoms with Crippen LogP contribution in [0, 0.1) is 5.82 Å². The van der Waals surface area contributed by atoms with Crippen molar-refractivity contribution in [1.29, 1.82) is 0 Å². The lowest BCUT2D eigenvalue weighted by Crippen LogP contribution is -2.09. The van der Waals surface area contributed by atoms with Gasteiger partial charge >= 0.3 is 0 Å². The standard InChI is InChI=1S/C18H20FN3O3/c1-18(2,3)14-10-20-16(24-14)8-9-17-21-15(22-25-17)11-23-13-6-4-12(19)5-7-13/h4-7,10H,8-9,11H2,1-3H3. The van der Waals surface area contributed by atoms with E-state index in [1.165, 1.54) is 12.1 Å². The van der Waals surface area contributed by atoms with Crippen molar-refractivity contribution in [2.24, 2.45) is 0 Å². The van der Waals surface area contributed by atoms with Gasteiger partial charge in [-0.1, -0.05) is 25.9 Å². The molecule has 0 radical (unpaired) electrons. The zero-order valence-corrected chi connectivity index (χ0v) is 14.5. The highest BCUT2D eigenvalue weighted by Crippen LogP contribution is 2.23. The Morgan fingerprint density at radius 3 is 2.48 bits per heavy atom. The van der Waals surface area contributed by atoms with Crippen molar-refractivity contribution in [3.63, 3.8) is 0 Å². The van der Waals surface area contributed by atoms with E-state index in [4.69, 9.17) is 13.7 Å². The second-order valence-corrected chi connectivity index (χ2v) is 6.72. The van der Waals surface area contributed by atoms with Crippen LogP contribution < -0.4 is 4.74 Å². The molecule has 0 aliphatic heterocycles. The van der Waals surface area contributed by atoms with E-state index in [1.807, 2.05) is 0 Å². The third-order valence-corrected chi connectivity index (χ3v) is 3.54. The lowest BCUT2D eigenvalue weighted by atomic mass is 9.94. The first-order valence-electron chi connectivity index (χ1n) is 8.05. The van der Waals surface area contributed by atoms with Crippen molar-refractivity contribution < 1.29 is 18.1 Å². The first kappa shape index (κ1) is 17.1. The summed E-state index contributed by atoms with van der Waals surface area (Å²) in [5.41, 5.74) is -0.0688. The molecule has 0 bridgehead atoms. The maximum absolute atomic E-state index is 12.8. The molecule has 132 valence electrons. The highest BCUT2D eigenvalue weighted by molar-refractivity contribution is 5.22. The number of benzene rings is 1. The van der Waals surface area contributed by atoms with Crippen molar-refractivity contribution in [3.8, 4) is 5.75 Å². The summed E-state index contributed by atoms with van der Waals surface area (Å²) in [6.45, 7) is 6.37. The van der Waals surface area contributed by atoms with Gasteiger partial charge in [-0.05, 0) is 24.3 Å². The molecule has 0 unspecified atom stereocenters. The van der Waals surface area contributed by atoms with Gasteiger partial charge in [0.1, 0.15) is 17.3 Å². The normalized spacial score (nSPS) is 11.7. The third kappa shape index (κ3) is 4.65. The highest BCUT2D eigenvalue weighted by atomic mass is 19.1. The Kier molecular flexibility index (Phi) is 4.83. The lowest BCUT2D eigenvalue weighted by Gasteiger charge is -2.12. The van der Waals surface area contributed by atoms with Gasteiger partial charge in [0.15, 0.2) is 12.5 Å². The van der Waals surface area contributed by atoms with Crippen LogP contribution in [-0.4, -0.2) is 15.1 Å². The zero-order valence-electron chi connectivity index (χ0n) is 14.5. The molecule has 0 aliphatic rings. The Hall–Kier alpha value is -2.70. The van der Waals surface area contributed by atoms with Gasteiger partial charge in [0.25, 0.3) is 0 Å². The van der Waals surface area contributed by atoms with Crippen LogP contribution in [0.2, 0.25) is 0 Å². The molecule has 6 nitrogen and oxygen atoms in total. The number of ether oxygens (including phenoxy) is 1. The van der Waals surface area contributed by atoms with Crippen LogP contribution in [0.3, 0.4) is 0 Å². The minimum atomic E-state index is -0.310. The van der Waals surface area contributed by atoms with Gasteiger partial charge in [-0.3, -0.25) is 0 Å². The van der Waals surface area contributed by atoms with Crippen molar-refractivity contribution in [2.75, 3.05) is 0 Å². The molecule has 0 atom stereocenters. The molecular weight excluding hydrogens is 325 g/mol. The molecule has 0 amide bonds. The molecule has 3 aromatic rings. The number of hydrogen-bond donors (Lipinski definition) is 0. The van der Waals surface area contributed by atoms with Crippen LogP contribution in [0.15, 0.2) is 39.4 Å². The lowest BCUT2D eigenvalue weighted by molar-refractivity contribution is 0.284. The fourth-order valence-corrected chi connectivity index (χ4v) is 2.12. The minimum Gasteiger partial charge on any atom is -0.485 e. The predicted molar refractivity (Wildman–Crippen MR) is 87.6 cm³/mol. The second kappa shape index (κ2) is 7.04. The van der Waals surface area contributed by atoms with E-state index in [0.29, 0.717) is 36.2 Å². The molecule has 7 heteroatoms. The summed E-state index contributed by atoms with van der Waals surface area (Å²) in [4.78, 5) is 8.54. The molecule has 0 N–H and O–H groups in total. The molecule has 25 heavy (non-hydrogen) atoms. The average Bonchev–Trinajstić information content (AvgIpc) is 3.21. The largest absolute Gasteiger partial charge is 0.485 e. The van der Waals surface area contributed by atoms with Gasteiger partial charge in [-0.25, -0.2) is 9.37 Å². The highest BCUT2D eigenvalue weighted by Gasteiger charge is 2.19. The maximum atomic E-state index is 12.8. The van der Waals surface area contributed by atoms with E-state index >= 15 is 0 Å². The van der Waals surface area contributed by atoms with Gasteiger partial charge in [0.05, 0.1) is 6.20 Å². The van der Waals surface area contributed by atoms with Crippen LogP contribution in [0.4, 0.5) is 4.39 Å². The average molecular weight is 345 g/mol. The van der Waals surface area contributed by atoms with Crippen LogP contribution in [0.1, 0.15) is 44.1 Å². The predicted octanol–water partition coefficient (Wildman–Crippen LogP) is 3.86. The van der Waals surface area contributed by atoms with E-state index < -0.39 is 0 Å². The van der Waals surface area contributed by atoms with Crippen LogP contribution in [0.5, 0.6) is 5.75 Å². The fraction of sp³-hybridized carbons (Fsp3) is 0.389. The molecule has 2 aromatic heterocycles. The SMILES string of the molecule is CC(C)(C)c1cnc(CCc2nc(COc3ccc(F)cc3)no2)o1. The summed E-state index contributed by atoms with van der Waals surface area (Å²) >= 11 is 0. The number of nitrogens with zero attached hydrogens (tertiary/aromatic N) is 3. The van der Waals surface area contributed by atoms with E-state index in [-0.39, 0.29) is 17.8 Å². The number of aromatic nitrogens is 3. The molecule has 0 saturated heterocycles. The number of rotatable bonds is 6. The molecular formula is C18H20FN3O3. The number of halogens is 1. The zero-order chi connectivity index (χ0) is 17.9. The second-order valence-electron chi connectivity index (χ2n) is 6.72. The van der Waals surface area contributed by atoms with Crippen LogP contribution in [0.25, 0.3) is 0 Å². The Morgan fingerprint density at radius 2 is 1.80 bits per heavy atom. The third-order valence-electron chi connectivity index (χ3n) is 3.54. The van der Waals surface area contributed by atoms with Crippen LogP contribution in [-0.2, 0) is 24.9 Å². The topological polar surface area (TPSA) is 74.2 Å². The number of oxazole rings is 1. The molecule has 3 rings (SSSR count). The first-order chi connectivity index (χ1) is 11.9. The molecule has 0 aliphatic carbocycles. The van der Waals surface area contributed by atoms with E-state index in [2.05, 4.69) is 35.9 Å². The van der Waals surface area contributed by atoms with E-state index in [9.17, 15) is 4.39 Å². The smallest absolute Gasteiger partial charge is 0.227 e. The van der Waals surface area contributed by atoms with Crippen LogP contribution >= 0.6 is 0 Å². The number of aryl methyl sites for hydroxylation is 2. The van der Waals surface area contributed by atoms with Gasteiger partial charge in [0, 0.05) is 18.3 Å². The van der Waals surface area contributed by atoms with Crippen molar-refractivity contribution in [2.45, 2.75) is 45.6 Å². The van der Waals surface area contributed by atoms with Crippen molar-refractivity contribution in [1.82, 2.24) is 15.1 Å². The van der Waals surface area contributed by atoms with Gasteiger partial charge in [-0.15, -0.1) is 0 Å². The number of hydrogen-bond acceptors (Lipinski definition) is 6. The minimum absolute atomic E-state index is 0.0688. The van der Waals surface area contributed by atoms with Crippen molar-refractivity contribution >= 4 is 0 Å². The molecule has 2 heterocycles. The Bertz CT molecular complexity index is 819. The Balaban J connectivity index is 1.51. The molecule has 0 saturated carbocycles. The summed E-state index contributed by atoms with van der Waals surface area (Å²) in [6, 6.07) is 5.76. The van der Waals surface area contributed by atoms with Gasteiger partial charge in [0.2, 0.25) is 11.7 Å². The molecule has 0 fully saturated rings. The van der Waals surface area contributed by atoms with E-state index in [1.54, 1.807) is 18.3 Å². The summed E-state index contributed by atoms with van der Waals surface area (Å²) in [5.74, 6) is 2.65. The van der Waals surface area contributed by atoms with Gasteiger partial charge in [-0.2, -0.15) is 4.98 Å². The summed E-state index contributed by atoms with van der Waals surface area (Å²) in [5, 5.41) is 3.87. The monoisotopic (exact) mass is 345 g/mol. The fourth-order valence-electron chi connectivity index (χ4n) is 2.12.